The van der Waals surface area contributed by atoms with Gasteiger partial charge >= 0.3 is 0 Å². The molecule has 0 radical (unpaired) electrons. The first-order chi connectivity index (χ1) is 15.6. The molecule has 0 aromatic heterocycles. The first kappa shape index (κ1) is 27.5. The van der Waals surface area contributed by atoms with Crippen molar-refractivity contribution in [2.45, 2.75) is 45.8 Å². The summed E-state index contributed by atoms with van der Waals surface area (Å²) in [4.78, 5) is 27.4. The number of rotatable bonds is 8. The van der Waals surface area contributed by atoms with E-state index in [4.69, 9.17) is 11.6 Å². The number of anilines is 1. The van der Waals surface area contributed by atoms with Crippen molar-refractivity contribution in [2.24, 2.45) is 0 Å². The summed E-state index contributed by atoms with van der Waals surface area (Å²) < 4.78 is 52.7. The first-order valence-corrected chi connectivity index (χ1v) is 12.6. The maximum atomic E-state index is 13.8. The molecule has 1 N–H and O–H groups in total. The Labute approximate surface area is 203 Å². The smallest absolute Gasteiger partial charge is 0.244 e. The summed E-state index contributed by atoms with van der Waals surface area (Å²) in [6.45, 7) is 6.12. The van der Waals surface area contributed by atoms with Crippen LogP contribution in [0.25, 0.3) is 0 Å². The van der Waals surface area contributed by atoms with Crippen LogP contribution < -0.4 is 9.62 Å². The molecule has 2 amide bonds. The fourth-order valence-corrected chi connectivity index (χ4v) is 4.20. The highest BCUT2D eigenvalue weighted by molar-refractivity contribution is 7.92. The normalized spacial score (nSPS) is 12.7. The first-order valence-electron chi connectivity index (χ1n) is 10.4. The molecule has 0 heterocycles. The summed E-state index contributed by atoms with van der Waals surface area (Å²) in [6, 6.07) is 8.23. The van der Waals surface area contributed by atoms with Gasteiger partial charge in [-0.3, -0.25) is 13.9 Å². The van der Waals surface area contributed by atoms with E-state index in [1.165, 1.54) is 11.8 Å². The molecule has 0 spiro atoms. The molecule has 0 bridgehead atoms. The van der Waals surface area contributed by atoms with E-state index < -0.39 is 51.6 Å². The Hall–Kier alpha value is -2.72. The highest BCUT2D eigenvalue weighted by atomic mass is 35.5. The molecular weight excluding hydrogens is 488 g/mol. The van der Waals surface area contributed by atoms with Gasteiger partial charge in [-0.25, -0.2) is 17.2 Å². The lowest BCUT2D eigenvalue weighted by Gasteiger charge is -2.33. The number of nitrogens with one attached hydrogen (secondary N) is 1. The zero-order valence-electron chi connectivity index (χ0n) is 19.6. The van der Waals surface area contributed by atoms with Crippen LogP contribution in [0, 0.1) is 11.6 Å². The Bertz CT molecular complexity index is 1170. The molecular formula is C23H28ClF2N3O4S. The number of benzene rings is 2. The molecule has 2 aromatic rings. The van der Waals surface area contributed by atoms with E-state index >= 15 is 0 Å². The third-order valence-electron chi connectivity index (χ3n) is 4.78. The van der Waals surface area contributed by atoms with E-state index in [0.717, 1.165) is 18.4 Å². The van der Waals surface area contributed by atoms with Crippen LogP contribution in [-0.4, -0.2) is 49.5 Å². The van der Waals surface area contributed by atoms with Crippen LogP contribution in [0.3, 0.4) is 0 Å². The molecule has 34 heavy (non-hydrogen) atoms. The molecule has 0 aliphatic rings. The number of halogens is 3. The number of hydrogen-bond acceptors (Lipinski definition) is 4. The van der Waals surface area contributed by atoms with E-state index in [0.29, 0.717) is 21.0 Å². The van der Waals surface area contributed by atoms with Crippen molar-refractivity contribution in [2.75, 3.05) is 17.1 Å². The summed E-state index contributed by atoms with van der Waals surface area (Å²) in [5, 5.41) is 3.23. The van der Waals surface area contributed by atoms with Gasteiger partial charge in [-0.1, -0.05) is 23.7 Å². The molecule has 0 aliphatic carbocycles. The van der Waals surface area contributed by atoms with Gasteiger partial charge in [0.05, 0.1) is 11.9 Å². The summed E-state index contributed by atoms with van der Waals surface area (Å²) >= 11 is 6.05. The number of hydrogen-bond donors (Lipinski definition) is 1. The fraction of sp³-hybridized carbons (Fsp3) is 0.391. The van der Waals surface area contributed by atoms with Crippen LogP contribution in [0.15, 0.2) is 42.5 Å². The Morgan fingerprint density at radius 2 is 1.74 bits per heavy atom. The van der Waals surface area contributed by atoms with Crippen LogP contribution in [0.4, 0.5) is 14.5 Å². The second-order valence-corrected chi connectivity index (χ2v) is 11.3. The number of sulfonamides is 1. The van der Waals surface area contributed by atoms with Crippen molar-refractivity contribution in [1.82, 2.24) is 10.2 Å². The minimum Gasteiger partial charge on any atom is -0.350 e. The molecule has 1 unspecified atom stereocenters. The van der Waals surface area contributed by atoms with Gasteiger partial charge in [0, 0.05) is 23.2 Å². The molecule has 0 saturated carbocycles. The van der Waals surface area contributed by atoms with E-state index in [9.17, 15) is 26.8 Å². The van der Waals surface area contributed by atoms with E-state index in [1.54, 1.807) is 45.0 Å². The quantitative estimate of drug-likeness (QED) is 0.580. The minimum absolute atomic E-state index is 0.0342. The van der Waals surface area contributed by atoms with Crippen molar-refractivity contribution in [1.29, 1.82) is 0 Å². The Kier molecular flexibility index (Phi) is 8.65. The summed E-state index contributed by atoms with van der Waals surface area (Å²) in [6.07, 6.45) is 0.846. The lowest BCUT2D eigenvalue weighted by molar-refractivity contribution is -0.140. The summed E-state index contributed by atoms with van der Waals surface area (Å²) in [5.74, 6) is -3.57. The molecule has 11 heteroatoms. The zero-order valence-corrected chi connectivity index (χ0v) is 21.2. The molecule has 0 aliphatic heterocycles. The standard InChI is InChI=1S/C23H28ClF2N3O4S/c1-15(22(31)27-23(2,3)4)28(13-16-7-6-8-17(24)11-16)21(30)14-29(34(5,32)33)18-9-10-19(25)20(26)12-18/h6-12,15H,13-14H2,1-5H3,(H,27,31). The lowest BCUT2D eigenvalue weighted by atomic mass is 10.1. The predicted octanol–water partition coefficient (Wildman–Crippen LogP) is 3.72. The van der Waals surface area contributed by atoms with Crippen LogP contribution >= 0.6 is 11.6 Å². The second-order valence-electron chi connectivity index (χ2n) is 8.93. The average Bonchev–Trinajstić information content (AvgIpc) is 2.69. The van der Waals surface area contributed by atoms with Crippen molar-refractivity contribution in [3.8, 4) is 0 Å². The van der Waals surface area contributed by atoms with Gasteiger partial charge in [0.25, 0.3) is 0 Å². The molecule has 186 valence electrons. The van der Waals surface area contributed by atoms with Gasteiger partial charge < -0.3 is 10.2 Å². The van der Waals surface area contributed by atoms with Gasteiger partial charge in [-0.05, 0) is 57.5 Å². The third-order valence-corrected chi connectivity index (χ3v) is 6.15. The largest absolute Gasteiger partial charge is 0.350 e. The van der Waals surface area contributed by atoms with Crippen molar-refractivity contribution in [3.63, 3.8) is 0 Å². The van der Waals surface area contributed by atoms with Crippen LogP contribution in [-0.2, 0) is 26.2 Å². The van der Waals surface area contributed by atoms with Gasteiger partial charge in [0.2, 0.25) is 21.8 Å². The van der Waals surface area contributed by atoms with E-state index in [-0.39, 0.29) is 12.2 Å². The predicted molar refractivity (Wildman–Crippen MR) is 128 cm³/mol. The third kappa shape index (κ3) is 7.66. The Morgan fingerprint density at radius 1 is 1.09 bits per heavy atom. The van der Waals surface area contributed by atoms with Gasteiger partial charge in [-0.2, -0.15) is 0 Å². The molecule has 7 nitrogen and oxygen atoms in total. The van der Waals surface area contributed by atoms with Gasteiger partial charge in [-0.15, -0.1) is 0 Å². The number of carbonyl (C=O) groups is 2. The number of amides is 2. The molecule has 0 saturated heterocycles. The lowest BCUT2D eigenvalue weighted by Crippen LogP contribution is -2.54. The second kappa shape index (κ2) is 10.7. The number of nitrogens with zero attached hydrogens (tertiary/aromatic N) is 2. The van der Waals surface area contributed by atoms with Crippen LogP contribution in [0.5, 0.6) is 0 Å². The van der Waals surface area contributed by atoms with E-state index in [2.05, 4.69) is 5.32 Å². The van der Waals surface area contributed by atoms with Crippen molar-refractivity contribution >= 4 is 39.1 Å². The molecule has 0 fully saturated rings. The monoisotopic (exact) mass is 515 g/mol. The highest BCUT2D eigenvalue weighted by Crippen LogP contribution is 2.22. The van der Waals surface area contributed by atoms with E-state index in [1.807, 2.05) is 0 Å². The van der Waals surface area contributed by atoms with Crippen LogP contribution in [0.1, 0.15) is 33.3 Å². The zero-order chi connectivity index (χ0) is 25.8. The Morgan fingerprint density at radius 3 is 2.26 bits per heavy atom. The Balaban J connectivity index is 2.43. The van der Waals surface area contributed by atoms with Crippen LogP contribution in [0.2, 0.25) is 5.02 Å². The van der Waals surface area contributed by atoms with Crippen molar-refractivity contribution < 1.29 is 26.8 Å². The summed E-state index contributed by atoms with van der Waals surface area (Å²) in [7, 11) is -4.06. The van der Waals surface area contributed by atoms with Gasteiger partial charge in [0.15, 0.2) is 11.6 Å². The topological polar surface area (TPSA) is 86.8 Å². The average molecular weight is 516 g/mol. The highest BCUT2D eigenvalue weighted by Gasteiger charge is 2.31. The molecule has 1 atom stereocenters. The fourth-order valence-electron chi connectivity index (χ4n) is 3.14. The SMILES string of the molecule is CC(C(=O)NC(C)(C)C)N(Cc1cccc(Cl)c1)C(=O)CN(c1ccc(F)c(F)c1)S(C)(=O)=O. The minimum atomic E-state index is -4.06. The maximum Gasteiger partial charge on any atom is 0.244 e. The molecule has 2 aromatic carbocycles. The number of carbonyl (C=O) groups excluding carboxylic acids is 2. The maximum absolute atomic E-state index is 13.8. The van der Waals surface area contributed by atoms with Crippen molar-refractivity contribution in [3.05, 3.63) is 64.7 Å². The van der Waals surface area contributed by atoms with Gasteiger partial charge in [0.1, 0.15) is 12.6 Å². The summed E-state index contributed by atoms with van der Waals surface area (Å²) in [5.41, 5.74) is -0.167. The molecule has 2 rings (SSSR count).